The average Bonchev–Trinajstić information content (AvgIpc) is 2.28. The molecule has 0 saturated carbocycles. The highest BCUT2D eigenvalue weighted by Crippen LogP contribution is 2.27. The fourth-order valence-electron chi connectivity index (χ4n) is 2.09. The molecule has 0 bridgehead atoms. The van der Waals surface area contributed by atoms with Crippen LogP contribution in [0.1, 0.15) is 30.5 Å². The molecule has 0 fully saturated rings. The third-order valence-electron chi connectivity index (χ3n) is 2.78. The fourth-order valence-corrected chi connectivity index (χ4v) is 2.47. The maximum absolute atomic E-state index is 5.52. The second kappa shape index (κ2) is 5.76. The van der Waals surface area contributed by atoms with Gasteiger partial charge < -0.3 is 4.43 Å². The van der Waals surface area contributed by atoms with E-state index in [2.05, 4.69) is 32.6 Å². The van der Waals surface area contributed by atoms with E-state index in [0.29, 0.717) is 0 Å². The van der Waals surface area contributed by atoms with Crippen LogP contribution in [0.2, 0.25) is 0 Å². The van der Waals surface area contributed by atoms with Crippen molar-refractivity contribution in [1.29, 1.82) is 0 Å². The second-order valence-electron chi connectivity index (χ2n) is 3.58. The predicted molar refractivity (Wildman–Crippen MR) is 69.7 cm³/mol. The Hall–Kier alpha value is -1.02. The van der Waals surface area contributed by atoms with Crippen LogP contribution in [0.15, 0.2) is 24.8 Å². The monoisotopic (exact) mass is 220 g/mol. The molecule has 82 valence electrons. The normalized spacial score (nSPS) is 10.3. The minimum absolute atomic E-state index is 0.760. The van der Waals surface area contributed by atoms with E-state index in [1.54, 1.807) is 0 Å². The Morgan fingerprint density at radius 1 is 1.27 bits per heavy atom. The van der Waals surface area contributed by atoms with Gasteiger partial charge in [-0.05, 0) is 42.0 Å². The SMILES string of the molecule is C=CCc1ccc(O[SiH3])c(CC)c1CC. The van der Waals surface area contributed by atoms with Gasteiger partial charge in [-0.1, -0.05) is 26.0 Å². The lowest BCUT2D eigenvalue weighted by molar-refractivity contribution is 0.603. The van der Waals surface area contributed by atoms with Crippen molar-refractivity contribution in [2.24, 2.45) is 0 Å². The first kappa shape index (κ1) is 12.0. The van der Waals surface area contributed by atoms with Crippen molar-refractivity contribution in [3.8, 4) is 5.75 Å². The molecule has 0 heterocycles. The Kier molecular flexibility index (Phi) is 4.63. The minimum Gasteiger partial charge on any atom is -0.553 e. The number of benzene rings is 1. The maximum atomic E-state index is 5.52. The molecule has 0 spiro atoms. The summed E-state index contributed by atoms with van der Waals surface area (Å²) in [6.07, 6.45) is 5.05. The first-order valence-corrected chi connectivity index (χ1v) is 6.38. The molecule has 15 heavy (non-hydrogen) atoms. The molecule has 1 rings (SSSR count). The molecular formula is C13H20OSi. The zero-order chi connectivity index (χ0) is 11.3. The van der Waals surface area contributed by atoms with E-state index in [-0.39, 0.29) is 0 Å². The number of allylic oxidation sites excluding steroid dienone is 1. The van der Waals surface area contributed by atoms with Crippen LogP contribution in [0, 0.1) is 0 Å². The van der Waals surface area contributed by atoms with Gasteiger partial charge in [0.25, 0.3) is 0 Å². The molecular weight excluding hydrogens is 200 g/mol. The van der Waals surface area contributed by atoms with E-state index in [1.165, 1.54) is 16.7 Å². The number of hydrogen-bond donors (Lipinski definition) is 0. The Morgan fingerprint density at radius 2 is 1.93 bits per heavy atom. The van der Waals surface area contributed by atoms with Crippen molar-refractivity contribution in [1.82, 2.24) is 0 Å². The van der Waals surface area contributed by atoms with Crippen LogP contribution in [-0.2, 0) is 19.3 Å². The largest absolute Gasteiger partial charge is 0.553 e. The highest BCUT2D eigenvalue weighted by atomic mass is 28.2. The topological polar surface area (TPSA) is 9.23 Å². The third-order valence-corrected chi connectivity index (χ3v) is 3.22. The summed E-state index contributed by atoms with van der Waals surface area (Å²) in [4.78, 5) is 0. The van der Waals surface area contributed by atoms with Crippen LogP contribution in [0.3, 0.4) is 0 Å². The minimum atomic E-state index is 0.760. The van der Waals surface area contributed by atoms with Crippen molar-refractivity contribution in [2.45, 2.75) is 33.1 Å². The summed E-state index contributed by atoms with van der Waals surface area (Å²) in [5, 5.41) is 0. The van der Waals surface area contributed by atoms with Gasteiger partial charge in [0.15, 0.2) is 0 Å². The summed E-state index contributed by atoms with van der Waals surface area (Å²) >= 11 is 0. The van der Waals surface area contributed by atoms with Crippen LogP contribution in [-0.4, -0.2) is 10.5 Å². The molecule has 2 heteroatoms. The summed E-state index contributed by atoms with van der Waals surface area (Å²) in [5.41, 5.74) is 4.23. The van der Waals surface area contributed by atoms with Crippen molar-refractivity contribution in [3.63, 3.8) is 0 Å². The van der Waals surface area contributed by atoms with Crippen LogP contribution >= 0.6 is 0 Å². The molecule has 0 unspecified atom stereocenters. The van der Waals surface area contributed by atoms with E-state index >= 15 is 0 Å². The molecule has 1 nitrogen and oxygen atoms in total. The zero-order valence-electron chi connectivity index (χ0n) is 9.97. The highest BCUT2D eigenvalue weighted by Gasteiger charge is 2.09. The molecule has 0 amide bonds. The molecule has 0 aliphatic heterocycles. The van der Waals surface area contributed by atoms with E-state index in [1.807, 2.05) is 6.08 Å². The van der Waals surface area contributed by atoms with Gasteiger partial charge in [0, 0.05) is 0 Å². The fraction of sp³-hybridized carbons (Fsp3) is 0.385. The van der Waals surface area contributed by atoms with E-state index in [4.69, 9.17) is 4.43 Å². The van der Waals surface area contributed by atoms with Gasteiger partial charge in [0.1, 0.15) is 5.75 Å². The second-order valence-corrected chi connectivity index (χ2v) is 3.99. The lowest BCUT2D eigenvalue weighted by Gasteiger charge is -2.15. The molecule has 0 saturated heterocycles. The number of rotatable bonds is 5. The average molecular weight is 220 g/mol. The van der Waals surface area contributed by atoms with E-state index in [0.717, 1.165) is 35.5 Å². The smallest absolute Gasteiger partial charge is 0.204 e. The van der Waals surface area contributed by atoms with Crippen molar-refractivity contribution >= 4 is 10.5 Å². The standard InChI is InChI=1S/C13H20OSi/c1-4-7-10-8-9-13(14-15)12(6-3)11(10)5-2/h4,8-9H,1,5-7H2,2-3,15H3. The van der Waals surface area contributed by atoms with Gasteiger partial charge in [-0.15, -0.1) is 6.58 Å². The first-order valence-electron chi connectivity index (χ1n) is 5.56. The van der Waals surface area contributed by atoms with Crippen LogP contribution in [0.25, 0.3) is 0 Å². The maximum Gasteiger partial charge on any atom is 0.204 e. The van der Waals surface area contributed by atoms with Crippen LogP contribution in [0.5, 0.6) is 5.75 Å². The lowest BCUT2D eigenvalue weighted by Crippen LogP contribution is -2.01. The summed E-state index contributed by atoms with van der Waals surface area (Å²) < 4.78 is 5.52. The molecule has 0 atom stereocenters. The van der Waals surface area contributed by atoms with Gasteiger partial charge in [-0.3, -0.25) is 0 Å². The van der Waals surface area contributed by atoms with Gasteiger partial charge in [0.2, 0.25) is 10.5 Å². The first-order chi connectivity index (χ1) is 7.28. The summed E-state index contributed by atoms with van der Waals surface area (Å²) in [6, 6.07) is 4.27. The van der Waals surface area contributed by atoms with E-state index in [9.17, 15) is 0 Å². The molecule has 0 aliphatic rings. The summed E-state index contributed by atoms with van der Waals surface area (Å²) in [7, 11) is 0.760. The van der Waals surface area contributed by atoms with Crippen molar-refractivity contribution in [3.05, 3.63) is 41.5 Å². The predicted octanol–water partition coefficient (Wildman–Crippen LogP) is 2.20. The highest BCUT2D eigenvalue weighted by molar-refractivity contribution is 6.00. The lowest BCUT2D eigenvalue weighted by atomic mass is 9.94. The molecule has 0 aliphatic carbocycles. The van der Waals surface area contributed by atoms with Gasteiger partial charge in [-0.2, -0.15) is 0 Å². The Labute approximate surface area is 95.7 Å². The van der Waals surface area contributed by atoms with Crippen LogP contribution < -0.4 is 4.43 Å². The molecule has 0 aromatic heterocycles. The molecule has 1 aromatic carbocycles. The third kappa shape index (κ3) is 2.51. The molecule has 1 aromatic rings. The zero-order valence-corrected chi connectivity index (χ0v) is 12.0. The number of hydrogen-bond acceptors (Lipinski definition) is 1. The van der Waals surface area contributed by atoms with Crippen molar-refractivity contribution < 1.29 is 4.43 Å². The molecule has 0 N–H and O–H groups in total. The van der Waals surface area contributed by atoms with Gasteiger partial charge >= 0.3 is 0 Å². The summed E-state index contributed by atoms with van der Waals surface area (Å²) in [5.74, 6) is 1.08. The van der Waals surface area contributed by atoms with Gasteiger partial charge in [-0.25, -0.2) is 0 Å². The van der Waals surface area contributed by atoms with Gasteiger partial charge in [0.05, 0.1) is 0 Å². The Balaban J connectivity index is 3.27. The van der Waals surface area contributed by atoms with Crippen molar-refractivity contribution in [2.75, 3.05) is 0 Å². The quantitative estimate of drug-likeness (QED) is 0.546. The van der Waals surface area contributed by atoms with E-state index < -0.39 is 0 Å². The Bertz CT molecular complexity index is 345. The molecule has 0 radical (unpaired) electrons. The summed E-state index contributed by atoms with van der Waals surface area (Å²) in [6.45, 7) is 8.20. The Morgan fingerprint density at radius 3 is 2.40 bits per heavy atom. The van der Waals surface area contributed by atoms with Crippen LogP contribution in [0.4, 0.5) is 0 Å².